The Morgan fingerprint density at radius 2 is 1.81 bits per heavy atom. The summed E-state index contributed by atoms with van der Waals surface area (Å²) in [6.45, 7) is 8.56. The first-order chi connectivity index (χ1) is 13.0. The number of hydrogen-bond donors (Lipinski definition) is 0. The third-order valence-electron chi connectivity index (χ3n) is 4.34. The Morgan fingerprint density at radius 3 is 2.52 bits per heavy atom. The van der Waals surface area contributed by atoms with Crippen molar-refractivity contribution in [3.63, 3.8) is 0 Å². The van der Waals surface area contributed by atoms with Gasteiger partial charge in [-0.2, -0.15) is 0 Å². The first-order valence-electron chi connectivity index (χ1n) is 8.88. The first-order valence-corrected chi connectivity index (χ1v) is 8.88. The van der Waals surface area contributed by atoms with Gasteiger partial charge in [0, 0.05) is 0 Å². The Balaban J connectivity index is 1.74. The minimum absolute atomic E-state index is 0.210. The van der Waals surface area contributed by atoms with Crippen LogP contribution in [0, 0.1) is 20.8 Å². The second-order valence-electron chi connectivity index (χ2n) is 6.37. The lowest BCUT2D eigenvalue weighted by atomic mass is 10.1. The van der Waals surface area contributed by atoms with E-state index in [1.54, 1.807) is 11.6 Å². The highest BCUT2D eigenvalue weighted by molar-refractivity contribution is 5.88. The van der Waals surface area contributed by atoms with Crippen LogP contribution in [-0.4, -0.2) is 27.6 Å². The molecular weight excluding hydrogens is 342 g/mol. The second-order valence-corrected chi connectivity index (χ2v) is 6.37. The van der Waals surface area contributed by atoms with E-state index in [9.17, 15) is 4.79 Å². The van der Waals surface area contributed by atoms with Crippen LogP contribution < -0.4 is 4.74 Å². The fraction of sp³-hybridized carbons (Fsp3) is 0.286. The Kier molecular flexibility index (Phi) is 5.54. The van der Waals surface area contributed by atoms with Crippen LogP contribution in [0.2, 0.25) is 0 Å². The number of rotatable bonds is 6. The molecule has 140 valence electrons. The van der Waals surface area contributed by atoms with Crippen LogP contribution in [0.1, 0.15) is 39.8 Å². The molecule has 3 aromatic rings. The van der Waals surface area contributed by atoms with Gasteiger partial charge < -0.3 is 9.47 Å². The van der Waals surface area contributed by atoms with Crippen molar-refractivity contribution in [1.29, 1.82) is 0 Å². The molecule has 0 saturated carbocycles. The number of carbonyl (C=O) groups excluding carboxylic acids is 1. The molecule has 1 aromatic heterocycles. The van der Waals surface area contributed by atoms with Crippen molar-refractivity contribution in [2.75, 3.05) is 6.61 Å². The SMILES string of the molecule is CCOc1ccc(-n2nnc(C(=O)OCc3cc(C)ccc3C)c2C)cc1. The van der Waals surface area contributed by atoms with Crippen molar-refractivity contribution in [2.45, 2.75) is 34.3 Å². The summed E-state index contributed by atoms with van der Waals surface area (Å²) in [6, 6.07) is 13.5. The summed E-state index contributed by atoms with van der Waals surface area (Å²) in [5.74, 6) is 0.303. The molecular formula is C21H23N3O3. The summed E-state index contributed by atoms with van der Waals surface area (Å²) in [5, 5.41) is 8.10. The number of nitrogens with zero attached hydrogens (tertiary/aromatic N) is 3. The maximum atomic E-state index is 12.5. The van der Waals surface area contributed by atoms with Gasteiger partial charge in [-0.05, 0) is 63.1 Å². The zero-order valence-electron chi connectivity index (χ0n) is 16.0. The molecule has 0 aliphatic heterocycles. The van der Waals surface area contributed by atoms with Gasteiger partial charge in [-0.25, -0.2) is 9.48 Å². The van der Waals surface area contributed by atoms with E-state index in [2.05, 4.69) is 10.3 Å². The van der Waals surface area contributed by atoms with Crippen LogP contribution >= 0.6 is 0 Å². The molecule has 0 spiro atoms. The lowest BCUT2D eigenvalue weighted by Crippen LogP contribution is -2.09. The van der Waals surface area contributed by atoms with Crippen molar-refractivity contribution in [3.8, 4) is 11.4 Å². The molecule has 0 unspecified atom stereocenters. The summed E-state index contributed by atoms with van der Waals surface area (Å²) >= 11 is 0. The van der Waals surface area contributed by atoms with Gasteiger partial charge in [0.15, 0.2) is 5.69 Å². The summed E-state index contributed by atoms with van der Waals surface area (Å²) in [6.07, 6.45) is 0. The first kappa shape index (κ1) is 18.6. The molecule has 0 atom stereocenters. The third-order valence-corrected chi connectivity index (χ3v) is 4.34. The van der Waals surface area contributed by atoms with Gasteiger partial charge in [0.2, 0.25) is 0 Å². The molecule has 0 aliphatic carbocycles. The van der Waals surface area contributed by atoms with E-state index in [1.807, 2.05) is 63.2 Å². The normalized spacial score (nSPS) is 10.7. The minimum Gasteiger partial charge on any atom is -0.494 e. The number of esters is 1. The van der Waals surface area contributed by atoms with Gasteiger partial charge in [-0.1, -0.05) is 29.0 Å². The monoisotopic (exact) mass is 365 g/mol. The predicted molar refractivity (Wildman–Crippen MR) is 102 cm³/mol. The van der Waals surface area contributed by atoms with Gasteiger partial charge in [0.1, 0.15) is 12.4 Å². The molecule has 6 heteroatoms. The fourth-order valence-corrected chi connectivity index (χ4v) is 2.78. The number of benzene rings is 2. The van der Waals surface area contributed by atoms with Crippen LogP contribution in [0.15, 0.2) is 42.5 Å². The standard InChI is InChI=1S/C21H23N3O3/c1-5-26-19-10-8-18(9-11-19)24-16(4)20(22-23-24)21(25)27-13-17-12-14(2)6-7-15(17)3/h6-12H,5,13H2,1-4H3. The summed E-state index contributed by atoms with van der Waals surface area (Å²) in [7, 11) is 0. The zero-order chi connectivity index (χ0) is 19.4. The highest BCUT2D eigenvalue weighted by Crippen LogP contribution is 2.18. The average Bonchev–Trinajstić information content (AvgIpc) is 3.04. The average molecular weight is 365 g/mol. The zero-order valence-corrected chi connectivity index (χ0v) is 16.0. The Labute approximate surface area is 158 Å². The van der Waals surface area contributed by atoms with Crippen molar-refractivity contribution in [3.05, 3.63) is 70.5 Å². The molecule has 6 nitrogen and oxygen atoms in total. The Morgan fingerprint density at radius 1 is 1.07 bits per heavy atom. The van der Waals surface area contributed by atoms with E-state index in [-0.39, 0.29) is 12.3 Å². The quantitative estimate of drug-likeness (QED) is 0.619. The molecule has 0 bridgehead atoms. The van der Waals surface area contributed by atoms with Crippen molar-refractivity contribution < 1.29 is 14.3 Å². The summed E-state index contributed by atoms with van der Waals surface area (Å²) < 4.78 is 12.5. The molecule has 0 fully saturated rings. The highest BCUT2D eigenvalue weighted by Gasteiger charge is 2.19. The van der Waals surface area contributed by atoms with E-state index >= 15 is 0 Å². The largest absolute Gasteiger partial charge is 0.494 e. The molecule has 27 heavy (non-hydrogen) atoms. The number of carbonyl (C=O) groups is 1. The highest BCUT2D eigenvalue weighted by atomic mass is 16.5. The van der Waals surface area contributed by atoms with Crippen molar-refractivity contribution >= 4 is 5.97 Å². The van der Waals surface area contributed by atoms with Crippen molar-refractivity contribution in [1.82, 2.24) is 15.0 Å². The molecule has 2 aromatic carbocycles. The molecule has 0 aliphatic rings. The summed E-state index contributed by atoms with van der Waals surface area (Å²) in [5.41, 5.74) is 4.85. The second kappa shape index (κ2) is 8.03. The Hall–Kier alpha value is -3.15. The predicted octanol–water partition coefficient (Wildman–Crippen LogP) is 3.95. The molecule has 3 rings (SSSR count). The van der Waals surface area contributed by atoms with E-state index < -0.39 is 5.97 Å². The van der Waals surface area contributed by atoms with Gasteiger partial charge in [0.05, 0.1) is 18.0 Å². The lowest BCUT2D eigenvalue weighted by Gasteiger charge is -2.08. The Bertz CT molecular complexity index is 946. The number of aryl methyl sites for hydroxylation is 2. The maximum absolute atomic E-state index is 12.5. The van der Waals surface area contributed by atoms with Gasteiger partial charge in [-0.15, -0.1) is 5.10 Å². The van der Waals surface area contributed by atoms with Crippen molar-refractivity contribution in [2.24, 2.45) is 0 Å². The lowest BCUT2D eigenvalue weighted by molar-refractivity contribution is 0.0464. The van der Waals surface area contributed by atoms with Crippen LogP contribution in [-0.2, 0) is 11.3 Å². The molecule has 1 heterocycles. The fourth-order valence-electron chi connectivity index (χ4n) is 2.78. The number of aromatic nitrogens is 3. The van der Waals surface area contributed by atoms with E-state index in [0.29, 0.717) is 12.3 Å². The minimum atomic E-state index is -0.481. The number of ether oxygens (including phenoxy) is 2. The van der Waals surface area contributed by atoms with Crippen LogP contribution in [0.25, 0.3) is 5.69 Å². The third kappa shape index (κ3) is 4.16. The molecule has 0 N–H and O–H groups in total. The van der Waals surface area contributed by atoms with Gasteiger partial charge >= 0.3 is 5.97 Å². The van der Waals surface area contributed by atoms with E-state index in [4.69, 9.17) is 9.47 Å². The molecule has 0 radical (unpaired) electrons. The maximum Gasteiger partial charge on any atom is 0.361 e. The van der Waals surface area contributed by atoms with Gasteiger partial charge in [0.25, 0.3) is 0 Å². The molecule has 0 saturated heterocycles. The topological polar surface area (TPSA) is 66.2 Å². The van der Waals surface area contributed by atoms with E-state index in [0.717, 1.165) is 28.1 Å². The van der Waals surface area contributed by atoms with E-state index in [1.165, 1.54) is 0 Å². The smallest absolute Gasteiger partial charge is 0.361 e. The van der Waals surface area contributed by atoms with Gasteiger partial charge in [-0.3, -0.25) is 0 Å². The number of hydrogen-bond acceptors (Lipinski definition) is 5. The summed E-state index contributed by atoms with van der Waals surface area (Å²) in [4.78, 5) is 12.5. The van der Waals surface area contributed by atoms with Crippen LogP contribution in [0.4, 0.5) is 0 Å². The van der Waals surface area contributed by atoms with Crippen LogP contribution in [0.5, 0.6) is 5.75 Å². The molecule has 0 amide bonds. The van der Waals surface area contributed by atoms with Crippen LogP contribution in [0.3, 0.4) is 0 Å².